The molecule has 3 aromatic rings. The molecule has 2 aromatic heterocycles. The third-order valence-corrected chi connectivity index (χ3v) is 3.63. The molecule has 108 valence electrons. The number of nitrogens with zero attached hydrogens (tertiary/aromatic N) is 2. The third kappa shape index (κ3) is 2.21. The minimum atomic E-state index is -0.573. The van der Waals surface area contributed by atoms with Gasteiger partial charge in [0.25, 0.3) is 5.56 Å². The highest BCUT2D eigenvalue weighted by Crippen LogP contribution is 2.24. The molecule has 0 atom stereocenters. The van der Waals surface area contributed by atoms with Crippen molar-refractivity contribution in [2.24, 2.45) is 0 Å². The van der Waals surface area contributed by atoms with E-state index in [0.717, 1.165) is 0 Å². The number of hydrogen-bond acceptors (Lipinski definition) is 3. The zero-order valence-electron chi connectivity index (χ0n) is 10.9. The molecule has 3 rings (SSSR count). The molecular weight excluding hydrogens is 343 g/mol. The van der Waals surface area contributed by atoms with E-state index in [-0.39, 0.29) is 22.6 Å². The van der Waals surface area contributed by atoms with Crippen molar-refractivity contribution in [1.29, 1.82) is 0 Å². The molecule has 0 aliphatic rings. The molecule has 0 fully saturated rings. The molecule has 2 N–H and O–H groups in total. The highest BCUT2D eigenvalue weighted by Gasteiger charge is 2.15. The number of fused-ring (bicyclic) bond motifs is 1. The molecule has 6 nitrogen and oxygen atoms in total. The standard InChI is InChI=1S/C13H10BrFN4O2/c1-2-19-11-9(12(20)18-13(19)21)16-10(17-11)7-4-3-6(14)5-8(7)15/h3-5H,2H2,1H3,(H,16,17)(H,18,20,21). The summed E-state index contributed by atoms with van der Waals surface area (Å²) in [6, 6.07) is 4.52. The summed E-state index contributed by atoms with van der Waals surface area (Å²) in [5, 5.41) is 0. The fourth-order valence-corrected chi connectivity index (χ4v) is 2.48. The predicted octanol–water partition coefficient (Wildman–Crippen LogP) is 2.00. The Hall–Kier alpha value is -2.22. The summed E-state index contributed by atoms with van der Waals surface area (Å²) in [4.78, 5) is 32.7. The van der Waals surface area contributed by atoms with Crippen LogP contribution in [-0.2, 0) is 6.54 Å². The van der Waals surface area contributed by atoms with Crippen molar-refractivity contribution in [2.75, 3.05) is 0 Å². The van der Waals surface area contributed by atoms with Gasteiger partial charge < -0.3 is 4.98 Å². The number of imidazole rings is 1. The second-order valence-electron chi connectivity index (χ2n) is 4.41. The molecule has 1 aromatic carbocycles. The Kier molecular flexibility index (Phi) is 3.25. The van der Waals surface area contributed by atoms with E-state index in [9.17, 15) is 14.0 Å². The zero-order chi connectivity index (χ0) is 15.1. The molecule has 0 bridgehead atoms. The summed E-state index contributed by atoms with van der Waals surface area (Å²) in [5.41, 5.74) is -0.526. The molecule has 0 spiro atoms. The first kappa shape index (κ1) is 13.7. The Morgan fingerprint density at radius 1 is 1.33 bits per heavy atom. The third-order valence-electron chi connectivity index (χ3n) is 3.14. The maximum atomic E-state index is 14.0. The Labute approximate surface area is 125 Å². The summed E-state index contributed by atoms with van der Waals surface area (Å²) in [6.45, 7) is 2.10. The average molecular weight is 353 g/mol. The van der Waals surface area contributed by atoms with E-state index in [1.54, 1.807) is 19.1 Å². The van der Waals surface area contributed by atoms with E-state index in [1.807, 2.05) is 0 Å². The molecule has 0 saturated carbocycles. The lowest BCUT2D eigenvalue weighted by Gasteiger charge is -2.00. The van der Waals surface area contributed by atoms with Crippen molar-refractivity contribution >= 4 is 27.1 Å². The van der Waals surface area contributed by atoms with Crippen LogP contribution in [0.3, 0.4) is 0 Å². The average Bonchev–Trinajstić information content (AvgIpc) is 2.84. The molecular formula is C13H10BrFN4O2. The first-order valence-electron chi connectivity index (χ1n) is 6.19. The van der Waals surface area contributed by atoms with E-state index in [2.05, 4.69) is 30.9 Å². The monoisotopic (exact) mass is 352 g/mol. The quantitative estimate of drug-likeness (QED) is 0.739. The van der Waals surface area contributed by atoms with E-state index >= 15 is 0 Å². The van der Waals surface area contributed by atoms with Crippen LogP contribution in [0.2, 0.25) is 0 Å². The molecule has 8 heteroatoms. The lowest BCUT2D eigenvalue weighted by molar-refractivity contribution is 0.629. The van der Waals surface area contributed by atoms with Gasteiger partial charge >= 0.3 is 5.69 Å². The van der Waals surface area contributed by atoms with Crippen molar-refractivity contribution < 1.29 is 4.39 Å². The van der Waals surface area contributed by atoms with Gasteiger partial charge in [0.15, 0.2) is 5.65 Å². The van der Waals surface area contributed by atoms with Crippen molar-refractivity contribution in [2.45, 2.75) is 13.5 Å². The van der Waals surface area contributed by atoms with Crippen molar-refractivity contribution in [1.82, 2.24) is 19.5 Å². The highest BCUT2D eigenvalue weighted by atomic mass is 79.9. The van der Waals surface area contributed by atoms with Crippen molar-refractivity contribution in [3.63, 3.8) is 0 Å². The summed E-state index contributed by atoms with van der Waals surface area (Å²) >= 11 is 3.18. The Morgan fingerprint density at radius 2 is 2.10 bits per heavy atom. The minimum absolute atomic E-state index is 0.147. The number of nitrogens with one attached hydrogen (secondary N) is 2. The summed E-state index contributed by atoms with van der Waals surface area (Å²) in [7, 11) is 0. The zero-order valence-corrected chi connectivity index (χ0v) is 12.5. The van der Waals surface area contributed by atoms with E-state index in [0.29, 0.717) is 11.0 Å². The Morgan fingerprint density at radius 3 is 2.76 bits per heavy atom. The maximum absolute atomic E-state index is 14.0. The van der Waals surface area contributed by atoms with Gasteiger partial charge in [-0.1, -0.05) is 15.9 Å². The van der Waals surface area contributed by atoms with Gasteiger partial charge in [0.2, 0.25) is 0 Å². The van der Waals surface area contributed by atoms with Gasteiger partial charge in [-0.3, -0.25) is 14.3 Å². The minimum Gasteiger partial charge on any atom is -0.332 e. The van der Waals surface area contributed by atoms with Crippen LogP contribution in [-0.4, -0.2) is 19.5 Å². The van der Waals surface area contributed by atoms with Crippen LogP contribution in [0.5, 0.6) is 0 Å². The topological polar surface area (TPSA) is 83.5 Å². The van der Waals surface area contributed by atoms with E-state index < -0.39 is 17.1 Å². The highest BCUT2D eigenvalue weighted by molar-refractivity contribution is 9.10. The van der Waals surface area contributed by atoms with Crippen molar-refractivity contribution in [3.05, 3.63) is 49.3 Å². The van der Waals surface area contributed by atoms with Crippen LogP contribution in [0.1, 0.15) is 6.92 Å². The van der Waals surface area contributed by atoms with Gasteiger partial charge in [-0.15, -0.1) is 0 Å². The molecule has 0 unspecified atom stereocenters. The molecule has 0 aliphatic carbocycles. The van der Waals surface area contributed by atoms with E-state index in [1.165, 1.54) is 10.6 Å². The van der Waals surface area contributed by atoms with Gasteiger partial charge in [0.1, 0.15) is 17.2 Å². The molecule has 0 radical (unpaired) electrons. The Balaban J connectivity index is 2.33. The summed E-state index contributed by atoms with van der Waals surface area (Å²) in [6.07, 6.45) is 0. The fraction of sp³-hybridized carbons (Fsp3) is 0.154. The number of aryl methyl sites for hydroxylation is 1. The maximum Gasteiger partial charge on any atom is 0.330 e. The van der Waals surface area contributed by atoms with Crippen molar-refractivity contribution in [3.8, 4) is 11.4 Å². The number of aromatic amines is 2. The Bertz CT molecular complexity index is 957. The lowest BCUT2D eigenvalue weighted by Crippen LogP contribution is -2.29. The first-order valence-corrected chi connectivity index (χ1v) is 6.99. The molecule has 0 aliphatic heterocycles. The SMILES string of the molecule is CCn1c(=O)[nH]c(=O)c2[nH]c(-c3ccc(Br)cc3F)nc21. The van der Waals surface area contributed by atoms with Crippen LogP contribution in [0.15, 0.2) is 32.3 Å². The second kappa shape index (κ2) is 4.96. The normalized spacial score (nSPS) is 11.2. The summed E-state index contributed by atoms with van der Waals surface area (Å²) < 4.78 is 15.9. The second-order valence-corrected chi connectivity index (χ2v) is 5.33. The number of rotatable bonds is 2. The van der Waals surface area contributed by atoms with Crippen LogP contribution in [0.25, 0.3) is 22.6 Å². The lowest BCUT2D eigenvalue weighted by atomic mass is 10.2. The van der Waals surface area contributed by atoms with Crippen LogP contribution >= 0.6 is 15.9 Å². The molecule has 2 heterocycles. The van der Waals surface area contributed by atoms with Gasteiger partial charge in [0, 0.05) is 11.0 Å². The smallest absolute Gasteiger partial charge is 0.330 e. The first-order chi connectivity index (χ1) is 10.0. The number of benzene rings is 1. The molecule has 0 amide bonds. The van der Waals surface area contributed by atoms with Gasteiger partial charge in [-0.2, -0.15) is 0 Å². The number of hydrogen-bond donors (Lipinski definition) is 2. The molecule has 21 heavy (non-hydrogen) atoms. The predicted molar refractivity (Wildman–Crippen MR) is 79.7 cm³/mol. The van der Waals surface area contributed by atoms with Crippen LogP contribution in [0.4, 0.5) is 4.39 Å². The largest absolute Gasteiger partial charge is 0.332 e. The fourth-order valence-electron chi connectivity index (χ4n) is 2.14. The number of halogens is 2. The van der Waals surface area contributed by atoms with Crippen LogP contribution in [0, 0.1) is 5.82 Å². The number of H-pyrrole nitrogens is 2. The summed E-state index contributed by atoms with van der Waals surface area (Å²) in [5.74, 6) is -0.279. The van der Waals surface area contributed by atoms with E-state index in [4.69, 9.17) is 0 Å². The van der Waals surface area contributed by atoms with Crippen LogP contribution < -0.4 is 11.2 Å². The number of aromatic nitrogens is 4. The molecule has 0 saturated heterocycles. The van der Waals surface area contributed by atoms with Gasteiger partial charge in [0.05, 0.1) is 5.56 Å². The van der Waals surface area contributed by atoms with Gasteiger partial charge in [-0.05, 0) is 25.1 Å². The van der Waals surface area contributed by atoms with Gasteiger partial charge in [-0.25, -0.2) is 14.2 Å².